The van der Waals surface area contributed by atoms with Gasteiger partial charge in [-0.25, -0.2) is 0 Å². The van der Waals surface area contributed by atoms with Crippen molar-refractivity contribution >= 4 is 39.2 Å². The summed E-state index contributed by atoms with van der Waals surface area (Å²) in [5.41, 5.74) is 0.962. The third-order valence-electron chi connectivity index (χ3n) is 4.81. The topological polar surface area (TPSA) is 92.9 Å². The van der Waals surface area contributed by atoms with Gasteiger partial charge in [-0.05, 0) is 36.8 Å². The quantitative estimate of drug-likeness (QED) is 0.347. The van der Waals surface area contributed by atoms with E-state index in [9.17, 15) is 14.7 Å². The molecule has 2 heterocycles. The molecule has 0 bridgehead atoms. The van der Waals surface area contributed by atoms with Crippen LogP contribution in [-0.2, 0) is 9.59 Å². The van der Waals surface area contributed by atoms with Crippen LogP contribution in [0.3, 0.4) is 0 Å². The van der Waals surface area contributed by atoms with Crippen LogP contribution in [0.1, 0.15) is 22.9 Å². The summed E-state index contributed by atoms with van der Waals surface area (Å²) in [7, 11) is 1.51. The minimum atomic E-state index is -0.877. The molecule has 1 saturated heterocycles. The second kappa shape index (κ2) is 7.79. The number of benzene rings is 2. The summed E-state index contributed by atoms with van der Waals surface area (Å²) in [6, 6.07) is 14.5. The fourth-order valence-electron chi connectivity index (χ4n) is 3.45. The van der Waals surface area contributed by atoms with Crippen LogP contribution < -0.4 is 9.64 Å². The van der Waals surface area contributed by atoms with E-state index in [1.54, 1.807) is 55.5 Å². The van der Waals surface area contributed by atoms with Gasteiger partial charge in [-0.15, -0.1) is 0 Å². The van der Waals surface area contributed by atoms with Gasteiger partial charge in [0.05, 0.1) is 18.7 Å². The first-order chi connectivity index (χ1) is 14.4. The van der Waals surface area contributed by atoms with Gasteiger partial charge in [0.2, 0.25) is 0 Å². The molecule has 1 fully saturated rings. The van der Waals surface area contributed by atoms with E-state index in [0.717, 1.165) is 4.47 Å². The van der Waals surface area contributed by atoms with Crippen LogP contribution in [0.4, 0.5) is 5.82 Å². The maximum Gasteiger partial charge on any atom is 0.301 e. The van der Waals surface area contributed by atoms with Crippen LogP contribution in [0.5, 0.6) is 5.75 Å². The number of Topliss-reactive ketones (excluding diaryl/α,β-unsaturated/α-hetero) is 1. The van der Waals surface area contributed by atoms with Gasteiger partial charge in [0, 0.05) is 16.1 Å². The highest BCUT2D eigenvalue weighted by Gasteiger charge is 2.48. The van der Waals surface area contributed by atoms with Gasteiger partial charge >= 0.3 is 5.91 Å². The normalized spacial score (nSPS) is 18.1. The molecule has 4 rings (SSSR count). The largest absolute Gasteiger partial charge is 0.507 e. The summed E-state index contributed by atoms with van der Waals surface area (Å²) in [4.78, 5) is 27.2. The maximum atomic E-state index is 13.0. The molecule has 1 aromatic heterocycles. The molecule has 1 aliphatic heterocycles. The molecule has 0 spiro atoms. The molecule has 0 unspecified atom stereocenters. The number of nitrogens with zero attached hydrogens (tertiary/aromatic N) is 2. The van der Waals surface area contributed by atoms with Crippen LogP contribution in [0.25, 0.3) is 5.76 Å². The minimum Gasteiger partial charge on any atom is -0.507 e. The monoisotopic (exact) mass is 468 g/mol. The van der Waals surface area contributed by atoms with Gasteiger partial charge < -0.3 is 14.4 Å². The number of aromatic nitrogens is 1. The third kappa shape index (κ3) is 3.39. The Labute approximate surface area is 180 Å². The highest BCUT2D eigenvalue weighted by Crippen LogP contribution is 2.42. The van der Waals surface area contributed by atoms with E-state index in [2.05, 4.69) is 21.1 Å². The number of amides is 1. The van der Waals surface area contributed by atoms with Gasteiger partial charge in [0.15, 0.2) is 5.82 Å². The zero-order chi connectivity index (χ0) is 21.4. The lowest BCUT2D eigenvalue weighted by atomic mass is 9.95. The van der Waals surface area contributed by atoms with Crippen molar-refractivity contribution in [1.29, 1.82) is 0 Å². The first-order valence-electron chi connectivity index (χ1n) is 9.05. The van der Waals surface area contributed by atoms with Crippen molar-refractivity contribution in [2.24, 2.45) is 0 Å². The zero-order valence-electron chi connectivity index (χ0n) is 16.1. The molecular formula is C22H17BrN2O5. The summed E-state index contributed by atoms with van der Waals surface area (Å²) < 4.78 is 11.1. The number of methoxy groups -OCH3 is 1. The lowest BCUT2D eigenvalue weighted by Gasteiger charge is -2.23. The number of ketones is 1. The van der Waals surface area contributed by atoms with E-state index < -0.39 is 17.7 Å². The molecule has 7 nitrogen and oxygen atoms in total. The fraction of sp³-hybridized carbons (Fsp3) is 0.136. The number of aliphatic hydroxyl groups is 1. The third-order valence-corrected chi connectivity index (χ3v) is 5.31. The molecule has 3 aromatic rings. The maximum absolute atomic E-state index is 13.0. The molecule has 0 radical (unpaired) electrons. The predicted molar refractivity (Wildman–Crippen MR) is 113 cm³/mol. The van der Waals surface area contributed by atoms with E-state index in [1.807, 2.05) is 6.07 Å². The Kier molecular flexibility index (Phi) is 5.17. The SMILES string of the molecule is COc1cccc(/C(O)=C2\C(=O)C(=O)N(c3cc(C)on3)[C@H]2c2cccc(Br)c2)c1. The second-order valence-electron chi connectivity index (χ2n) is 6.75. The molecule has 0 saturated carbocycles. The summed E-state index contributed by atoms with van der Waals surface area (Å²) in [6.07, 6.45) is 0. The molecule has 0 aliphatic carbocycles. The van der Waals surface area contributed by atoms with Crippen LogP contribution >= 0.6 is 15.9 Å². The number of carbonyl (C=O) groups is 2. The smallest absolute Gasteiger partial charge is 0.301 e. The van der Waals surface area contributed by atoms with Crippen molar-refractivity contribution < 1.29 is 24.0 Å². The highest BCUT2D eigenvalue weighted by atomic mass is 79.9. The average Bonchev–Trinajstić information content (AvgIpc) is 3.28. The number of rotatable bonds is 4. The Morgan fingerprint density at radius 3 is 2.60 bits per heavy atom. The lowest BCUT2D eigenvalue weighted by molar-refractivity contribution is -0.132. The van der Waals surface area contributed by atoms with Crippen LogP contribution in [0.2, 0.25) is 0 Å². The number of halogens is 1. The van der Waals surface area contributed by atoms with E-state index in [4.69, 9.17) is 9.26 Å². The van der Waals surface area contributed by atoms with Crippen LogP contribution in [0.15, 0.2) is 69.2 Å². The molecule has 8 heteroatoms. The first-order valence-corrected chi connectivity index (χ1v) is 9.84. The Morgan fingerprint density at radius 1 is 1.17 bits per heavy atom. The second-order valence-corrected chi connectivity index (χ2v) is 7.67. The predicted octanol–water partition coefficient (Wildman–Crippen LogP) is 4.38. The van der Waals surface area contributed by atoms with Crippen molar-refractivity contribution in [3.8, 4) is 5.75 Å². The van der Waals surface area contributed by atoms with Crippen molar-refractivity contribution in [1.82, 2.24) is 5.16 Å². The van der Waals surface area contributed by atoms with Gasteiger partial charge in [-0.1, -0.05) is 45.4 Å². The van der Waals surface area contributed by atoms with Gasteiger partial charge in [-0.3, -0.25) is 14.5 Å². The Hall–Kier alpha value is -3.39. The molecule has 30 heavy (non-hydrogen) atoms. The molecule has 1 N–H and O–H groups in total. The number of hydrogen-bond donors (Lipinski definition) is 1. The zero-order valence-corrected chi connectivity index (χ0v) is 17.7. The number of ether oxygens (including phenoxy) is 1. The molecule has 1 amide bonds. The summed E-state index contributed by atoms with van der Waals surface area (Å²) in [5.74, 6) is -0.685. The van der Waals surface area contributed by atoms with Crippen LogP contribution in [-0.4, -0.2) is 29.1 Å². The number of anilines is 1. The van der Waals surface area contributed by atoms with Crippen molar-refractivity contribution in [2.45, 2.75) is 13.0 Å². The van der Waals surface area contributed by atoms with Crippen molar-refractivity contribution in [3.63, 3.8) is 0 Å². The highest BCUT2D eigenvalue weighted by molar-refractivity contribution is 9.10. The summed E-state index contributed by atoms with van der Waals surface area (Å²) in [6.45, 7) is 1.69. The number of aliphatic hydroxyl groups excluding tert-OH is 1. The summed E-state index contributed by atoms with van der Waals surface area (Å²) >= 11 is 3.42. The Balaban J connectivity index is 1.95. The van der Waals surface area contributed by atoms with E-state index in [0.29, 0.717) is 22.6 Å². The Bertz CT molecular complexity index is 1180. The molecule has 1 aliphatic rings. The van der Waals surface area contributed by atoms with Crippen LogP contribution in [0, 0.1) is 6.92 Å². The first kappa shape index (κ1) is 19.9. The summed E-state index contributed by atoms with van der Waals surface area (Å²) in [5, 5.41) is 15.0. The standard InChI is InChI=1S/C22H17BrN2O5/c1-12-9-17(24-30-12)25-19(13-5-3-7-15(23)10-13)18(21(27)22(25)28)20(26)14-6-4-8-16(11-14)29-2/h3-11,19,26H,1-2H3/b20-18+/t19-/m0/s1. The fourth-order valence-corrected chi connectivity index (χ4v) is 3.87. The van der Waals surface area contributed by atoms with Crippen molar-refractivity contribution in [3.05, 3.63) is 81.5 Å². The molecule has 1 atom stereocenters. The van der Waals surface area contributed by atoms with Gasteiger partial charge in [0.25, 0.3) is 5.78 Å². The number of aryl methyl sites for hydroxylation is 1. The average molecular weight is 469 g/mol. The minimum absolute atomic E-state index is 0.0352. The molecule has 152 valence electrons. The Morgan fingerprint density at radius 2 is 1.93 bits per heavy atom. The van der Waals surface area contributed by atoms with Gasteiger partial charge in [-0.2, -0.15) is 0 Å². The van der Waals surface area contributed by atoms with E-state index >= 15 is 0 Å². The van der Waals surface area contributed by atoms with Crippen molar-refractivity contribution in [2.75, 3.05) is 12.0 Å². The number of hydrogen-bond acceptors (Lipinski definition) is 6. The molecular weight excluding hydrogens is 452 g/mol. The number of carbonyl (C=O) groups excluding carboxylic acids is 2. The lowest BCUT2D eigenvalue weighted by Crippen LogP contribution is -2.29. The molecule has 2 aromatic carbocycles. The van der Waals surface area contributed by atoms with E-state index in [-0.39, 0.29) is 17.2 Å². The van der Waals surface area contributed by atoms with Gasteiger partial charge in [0.1, 0.15) is 17.3 Å². The van der Waals surface area contributed by atoms with E-state index in [1.165, 1.54) is 12.0 Å².